The van der Waals surface area contributed by atoms with Gasteiger partial charge in [0.05, 0.1) is 27.5 Å². The van der Waals surface area contributed by atoms with Crippen LogP contribution in [0.4, 0.5) is 0 Å². The van der Waals surface area contributed by atoms with Crippen molar-refractivity contribution in [1.29, 1.82) is 0 Å². The Balaban J connectivity index is 1.51. The zero-order valence-corrected chi connectivity index (χ0v) is 18.3. The number of aromatic nitrogens is 4. The summed E-state index contributed by atoms with van der Waals surface area (Å²) in [7, 11) is 6.86. The lowest BCUT2D eigenvalue weighted by Crippen LogP contribution is -2.31. The van der Waals surface area contributed by atoms with E-state index in [-0.39, 0.29) is 0 Å². The fourth-order valence-electron chi connectivity index (χ4n) is 3.96. The minimum absolute atomic E-state index is 0.361. The van der Waals surface area contributed by atoms with Crippen LogP contribution < -0.4 is 18.9 Å². The van der Waals surface area contributed by atoms with Crippen LogP contribution in [-0.2, 0) is 33.2 Å². The molecule has 9 nitrogen and oxygen atoms in total. The normalized spacial score (nSPS) is 13.5. The summed E-state index contributed by atoms with van der Waals surface area (Å²) >= 11 is 0. The number of methoxy groups -OCH3 is 3. The van der Waals surface area contributed by atoms with Crippen molar-refractivity contribution in [2.24, 2.45) is 7.05 Å². The van der Waals surface area contributed by atoms with Crippen molar-refractivity contribution < 1.29 is 18.9 Å². The number of rotatable bonds is 8. The third-order valence-electron chi connectivity index (χ3n) is 5.43. The Morgan fingerprint density at radius 2 is 1.81 bits per heavy atom. The first-order valence-corrected chi connectivity index (χ1v) is 10.1. The Hall–Kier alpha value is -3.33. The second-order valence-corrected chi connectivity index (χ2v) is 7.32. The van der Waals surface area contributed by atoms with Gasteiger partial charge in [-0.1, -0.05) is 0 Å². The van der Waals surface area contributed by atoms with Crippen molar-refractivity contribution in [2.75, 3.05) is 27.9 Å². The van der Waals surface area contributed by atoms with Crippen LogP contribution in [0.5, 0.6) is 23.1 Å². The summed E-state index contributed by atoms with van der Waals surface area (Å²) in [6, 6.07) is 4.00. The van der Waals surface area contributed by atoms with Crippen LogP contribution >= 0.6 is 0 Å². The summed E-state index contributed by atoms with van der Waals surface area (Å²) in [5, 5.41) is 4.69. The zero-order chi connectivity index (χ0) is 21.8. The highest BCUT2D eigenvalue weighted by Crippen LogP contribution is 2.38. The van der Waals surface area contributed by atoms with E-state index in [1.807, 2.05) is 23.9 Å². The number of aryl methyl sites for hydroxylation is 1. The molecule has 0 aliphatic carbocycles. The second-order valence-electron chi connectivity index (χ2n) is 7.32. The lowest BCUT2D eigenvalue weighted by molar-refractivity contribution is 0.237. The molecule has 1 aliphatic heterocycles. The summed E-state index contributed by atoms with van der Waals surface area (Å²) in [4.78, 5) is 10.6. The molecule has 9 heteroatoms. The fourth-order valence-corrected chi connectivity index (χ4v) is 3.96. The lowest BCUT2D eigenvalue weighted by atomic mass is 10.0. The predicted octanol–water partition coefficient (Wildman–Crippen LogP) is 2.37. The molecule has 2 aromatic heterocycles. The van der Waals surface area contributed by atoms with Gasteiger partial charge in [0.25, 0.3) is 0 Å². The Kier molecular flexibility index (Phi) is 6.22. The van der Waals surface area contributed by atoms with Crippen LogP contribution in [0.25, 0.3) is 0 Å². The third-order valence-corrected chi connectivity index (χ3v) is 5.43. The molecule has 31 heavy (non-hydrogen) atoms. The first kappa shape index (κ1) is 20.9. The van der Waals surface area contributed by atoms with Gasteiger partial charge in [-0.3, -0.25) is 14.6 Å². The maximum absolute atomic E-state index is 5.80. The zero-order valence-electron chi connectivity index (χ0n) is 18.3. The van der Waals surface area contributed by atoms with Crippen LogP contribution in [0.2, 0.25) is 0 Å². The number of ether oxygens (including phenoxy) is 4. The van der Waals surface area contributed by atoms with Gasteiger partial charge in [0.15, 0.2) is 11.5 Å². The molecule has 164 valence electrons. The maximum Gasteiger partial charge on any atom is 0.232 e. The molecule has 3 heterocycles. The van der Waals surface area contributed by atoms with E-state index in [1.165, 1.54) is 11.3 Å². The Morgan fingerprint density at radius 1 is 1.03 bits per heavy atom. The molecular weight excluding hydrogens is 398 g/mol. The van der Waals surface area contributed by atoms with E-state index >= 15 is 0 Å². The molecule has 3 aromatic rings. The largest absolute Gasteiger partial charge is 0.493 e. The first-order chi connectivity index (χ1) is 15.1. The lowest BCUT2D eigenvalue weighted by Gasteiger charge is -2.28. The highest BCUT2D eigenvalue weighted by molar-refractivity contribution is 5.53. The quantitative estimate of drug-likeness (QED) is 0.544. The summed E-state index contributed by atoms with van der Waals surface area (Å²) in [6.45, 7) is 2.85. The molecular formula is C22H27N5O4. The summed E-state index contributed by atoms with van der Waals surface area (Å²) < 4.78 is 24.2. The van der Waals surface area contributed by atoms with Crippen molar-refractivity contribution in [3.63, 3.8) is 0 Å². The van der Waals surface area contributed by atoms with Gasteiger partial charge in [-0.25, -0.2) is 4.98 Å². The van der Waals surface area contributed by atoms with E-state index in [4.69, 9.17) is 18.9 Å². The molecule has 1 aliphatic rings. The molecule has 0 amide bonds. The number of hydrogen-bond acceptors (Lipinski definition) is 8. The molecule has 1 aromatic carbocycles. The molecule has 0 saturated heterocycles. The van der Waals surface area contributed by atoms with Gasteiger partial charge in [-0.15, -0.1) is 0 Å². The van der Waals surface area contributed by atoms with E-state index in [2.05, 4.69) is 20.0 Å². The van der Waals surface area contributed by atoms with Crippen molar-refractivity contribution in [3.8, 4) is 23.1 Å². The van der Waals surface area contributed by atoms with Gasteiger partial charge in [0.2, 0.25) is 11.6 Å². The minimum Gasteiger partial charge on any atom is -0.493 e. The van der Waals surface area contributed by atoms with Crippen LogP contribution in [0.1, 0.15) is 22.5 Å². The third kappa shape index (κ3) is 4.41. The number of hydrogen-bond donors (Lipinski definition) is 0. The molecule has 0 atom stereocenters. The first-order valence-electron chi connectivity index (χ1n) is 10.1. The van der Waals surface area contributed by atoms with Gasteiger partial charge < -0.3 is 18.9 Å². The maximum atomic E-state index is 5.80. The minimum atomic E-state index is 0.361. The van der Waals surface area contributed by atoms with Crippen LogP contribution in [-0.4, -0.2) is 52.5 Å². The molecule has 0 spiro atoms. The van der Waals surface area contributed by atoms with Gasteiger partial charge in [-0.05, 0) is 17.7 Å². The van der Waals surface area contributed by atoms with Gasteiger partial charge in [-0.2, -0.15) is 5.10 Å². The van der Waals surface area contributed by atoms with Crippen molar-refractivity contribution in [2.45, 2.75) is 26.1 Å². The van der Waals surface area contributed by atoms with Crippen molar-refractivity contribution >= 4 is 0 Å². The van der Waals surface area contributed by atoms with Crippen LogP contribution in [0, 0.1) is 0 Å². The van der Waals surface area contributed by atoms with Crippen LogP contribution in [0.3, 0.4) is 0 Å². The van der Waals surface area contributed by atoms with E-state index in [1.54, 1.807) is 39.9 Å². The average Bonchev–Trinajstić information content (AvgIpc) is 3.12. The van der Waals surface area contributed by atoms with Gasteiger partial charge in [0.1, 0.15) is 12.3 Å². The average molecular weight is 425 g/mol. The van der Waals surface area contributed by atoms with Gasteiger partial charge >= 0.3 is 0 Å². The molecule has 0 N–H and O–H groups in total. The Morgan fingerprint density at radius 3 is 2.45 bits per heavy atom. The van der Waals surface area contributed by atoms with E-state index < -0.39 is 0 Å². The summed E-state index contributed by atoms with van der Waals surface area (Å²) in [6.07, 6.45) is 5.76. The topological polar surface area (TPSA) is 83.8 Å². The van der Waals surface area contributed by atoms with Crippen LogP contribution in [0.15, 0.2) is 30.7 Å². The number of fused-ring (bicyclic) bond motifs is 1. The fraction of sp³-hybridized carbons (Fsp3) is 0.409. The van der Waals surface area contributed by atoms with Crippen molar-refractivity contribution in [3.05, 3.63) is 53.2 Å². The molecule has 0 unspecified atom stereocenters. The van der Waals surface area contributed by atoms with Crippen molar-refractivity contribution in [1.82, 2.24) is 24.6 Å². The standard InChI is InChI=1S/C22H27N5O4/c1-26-18-5-8-27(12-15-9-19(28-2)22(30-4)20(10-15)29-3)13-16(18)17(25-26)14-31-21-11-23-6-7-24-21/h6-7,9-11H,5,8,12-14H2,1-4H3. The molecule has 4 rings (SSSR count). The van der Waals surface area contributed by atoms with E-state index in [9.17, 15) is 0 Å². The summed E-state index contributed by atoms with van der Waals surface area (Å²) in [5.74, 6) is 2.42. The van der Waals surface area contributed by atoms with Gasteiger partial charge in [0, 0.05) is 56.8 Å². The number of nitrogens with zero attached hydrogens (tertiary/aromatic N) is 5. The predicted molar refractivity (Wildman–Crippen MR) is 113 cm³/mol. The second kappa shape index (κ2) is 9.22. The molecule has 0 saturated carbocycles. The smallest absolute Gasteiger partial charge is 0.232 e. The molecule has 0 bridgehead atoms. The van der Waals surface area contributed by atoms with E-state index in [0.717, 1.165) is 37.3 Å². The highest BCUT2D eigenvalue weighted by Gasteiger charge is 2.25. The SMILES string of the molecule is COc1cc(CN2CCc3c(c(COc4cnccn4)nn3C)C2)cc(OC)c1OC. The molecule has 0 radical (unpaired) electrons. The Labute approximate surface area is 181 Å². The summed E-state index contributed by atoms with van der Waals surface area (Å²) in [5.41, 5.74) is 4.49. The highest BCUT2D eigenvalue weighted by atomic mass is 16.5. The Bertz CT molecular complexity index is 1010. The monoisotopic (exact) mass is 425 g/mol. The van der Waals surface area contributed by atoms with E-state index in [0.29, 0.717) is 29.7 Å². The molecule has 0 fully saturated rings. The number of benzene rings is 1.